The van der Waals surface area contributed by atoms with Crippen molar-refractivity contribution in [3.05, 3.63) is 0 Å². The highest BCUT2D eigenvalue weighted by Gasteiger charge is 2.24. The molecule has 0 aromatic heterocycles. The van der Waals surface area contributed by atoms with Crippen molar-refractivity contribution in [2.45, 2.75) is 44.0 Å². The molecule has 1 atom stereocenters. The summed E-state index contributed by atoms with van der Waals surface area (Å²) in [5.41, 5.74) is 0. The summed E-state index contributed by atoms with van der Waals surface area (Å²) in [6, 6.07) is 0.516. The van der Waals surface area contributed by atoms with Crippen LogP contribution < -0.4 is 0 Å². The lowest BCUT2D eigenvalue weighted by molar-refractivity contribution is -0.137. The molecule has 1 fully saturated rings. The maximum Gasteiger partial charge on any atom is 0.322 e. The first-order chi connectivity index (χ1) is 7.00. The molecule has 1 unspecified atom stereocenters. The van der Waals surface area contributed by atoms with E-state index in [0.29, 0.717) is 12.6 Å². The third kappa shape index (κ3) is 3.99. The summed E-state index contributed by atoms with van der Waals surface area (Å²) in [5, 5.41) is 7.93. The van der Waals surface area contributed by atoms with Crippen LogP contribution in [0.5, 0.6) is 0 Å². The van der Waals surface area contributed by atoms with E-state index >= 15 is 0 Å². The number of carboxylic acid groups (broad SMARTS) is 1. The summed E-state index contributed by atoms with van der Waals surface area (Å²) in [5.74, 6) is -0.103. The molecule has 0 amide bonds. The van der Waals surface area contributed by atoms with Crippen molar-refractivity contribution >= 4 is 17.6 Å². The van der Waals surface area contributed by atoms with E-state index in [-0.39, 0.29) is 0 Å². The third-order valence-corrected chi connectivity index (χ3v) is 3.65. The van der Waals surface area contributed by atoms with E-state index in [1.165, 1.54) is 25.7 Å². The minimum Gasteiger partial charge on any atom is -0.480 e. The van der Waals surface area contributed by atoms with Gasteiger partial charge in [0.1, 0.15) is 5.38 Å². The van der Waals surface area contributed by atoms with Gasteiger partial charge in [0, 0.05) is 12.6 Å². The number of carboxylic acids is 1. The average Bonchev–Trinajstić information content (AvgIpc) is 2.18. The first kappa shape index (κ1) is 12.8. The van der Waals surface area contributed by atoms with E-state index in [2.05, 4.69) is 11.8 Å². The number of aliphatic carboxylic acids is 1. The summed E-state index contributed by atoms with van der Waals surface area (Å²) in [7, 11) is 1.97. The van der Waals surface area contributed by atoms with Crippen LogP contribution in [0.2, 0.25) is 0 Å². The molecule has 0 bridgehead atoms. The van der Waals surface area contributed by atoms with E-state index in [4.69, 9.17) is 16.7 Å². The second kappa shape index (κ2) is 5.71. The Bertz CT molecular complexity index is 215. The minimum atomic E-state index is -0.923. The zero-order valence-corrected chi connectivity index (χ0v) is 10.2. The summed E-state index contributed by atoms with van der Waals surface area (Å²) >= 11 is 5.72. The van der Waals surface area contributed by atoms with Gasteiger partial charge in [-0.25, -0.2) is 0 Å². The van der Waals surface area contributed by atoms with Crippen LogP contribution in [-0.4, -0.2) is 41.0 Å². The summed E-state index contributed by atoms with van der Waals surface area (Å²) in [6.07, 6.45) is 4.83. The molecule has 1 aliphatic rings. The van der Waals surface area contributed by atoms with Gasteiger partial charge in [-0.15, -0.1) is 11.6 Å². The number of halogens is 1. The van der Waals surface area contributed by atoms with Crippen LogP contribution in [0.4, 0.5) is 0 Å². The normalized spacial score (nSPS) is 29.1. The van der Waals surface area contributed by atoms with Gasteiger partial charge in [-0.1, -0.05) is 6.92 Å². The van der Waals surface area contributed by atoms with Crippen LogP contribution in [0.3, 0.4) is 0 Å². The van der Waals surface area contributed by atoms with Crippen molar-refractivity contribution in [1.29, 1.82) is 0 Å². The topological polar surface area (TPSA) is 40.5 Å². The molecule has 0 radical (unpaired) electrons. The highest BCUT2D eigenvalue weighted by Crippen LogP contribution is 2.26. The molecule has 1 aliphatic carbocycles. The molecule has 1 rings (SSSR count). The van der Waals surface area contributed by atoms with Gasteiger partial charge in [-0.2, -0.15) is 0 Å². The van der Waals surface area contributed by atoms with Gasteiger partial charge >= 0.3 is 5.97 Å². The Balaban J connectivity index is 2.33. The number of nitrogens with zero attached hydrogens (tertiary/aromatic N) is 1. The fourth-order valence-corrected chi connectivity index (χ4v) is 2.38. The van der Waals surface area contributed by atoms with E-state index in [1.54, 1.807) is 0 Å². The van der Waals surface area contributed by atoms with Gasteiger partial charge in [0.05, 0.1) is 0 Å². The molecule has 1 N–H and O–H groups in total. The first-order valence-corrected chi connectivity index (χ1v) is 6.01. The van der Waals surface area contributed by atoms with Crippen molar-refractivity contribution in [1.82, 2.24) is 4.90 Å². The van der Waals surface area contributed by atoms with Crippen LogP contribution in [0.1, 0.15) is 32.6 Å². The largest absolute Gasteiger partial charge is 0.480 e. The van der Waals surface area contributed by atoms with Gasteiger partial charge in [0.15, 0.2) is 0 Å². The Kier molecular flexibility index (Phi) is 4.87. The Labute approximate surface area is 96.4 Å². The molecular weight excluding hydrogens is 214 g/mol. The minimum absolute atomic E-state index is 0.440. The van der Waals surface area contributed by atoms with Crippen molar-refractivity contribution in [3.8, 4) is 0 Å². The molecule has 15 heavy (non-hydrogen) atoms. The predicted molar refractivity (Wildman–Crippen MR) is 61.3 cm³/mol. The SMILES string of the molecule is CC1CCC(N(C)CC(Cl)C(=O)O)CC1. The molecule has 0 heterocycles. The van der Waals surface area contributed by atoms with E-state index in [0.717, 1.165) is 5.92 Å². The van der Waals surface area contributed by atoms with Crippen molar-refractivity contribution in [3.63, 3.8) is 0 Å². The third-order valence-electron chi connectivity index (χ3n) is 3.32. The molecule has 4 heteroatoms. The highest BCUT2D eigenvalue weighted by molar-refractivity contribution is 6.29. The van der Waals surface area contributed by atoms with Crippen LogP contribution in [0.25, 0.3) is 0 Å². The van der Waals surface area contributed by atoms with Gasteiger partial charge in [0.25, 0.3) is 0 Å². The Morgan fingerprint density at radius 3 is 2.47 bits per heavy atom. The van der Waals surface area contributed by atoms with Gasteiger partial charge in [0.2, 0.25) is 0 Å². The standard InChI is InChI=1S/C11H20ClNO2/c1-8-3-5-9(6-4-8)13(2)7-10(12)11(14)15/h8-10H,3-7H2,1-2H3,(H,14,15). The van der Waals surface area contributed by atoms with Gasteiger partial charge in [-0.3, -0.25) is 4.79 Å². The molecule has 0 spiro atoms. The Morgan fingerprint density at radius 1 is 1.47 bits per heavy atom. The average molecular weight is 234 g/mol. The van der Waals surface area contributed by atoms with Gasteiger partial charge in [-0.05, 0) is 38.6 Å². The van der Waals surface area contributed by atoms with Crippen molar-refractivity contribution in [2.24, 2.45) is 5.92 Å². The molecular formula is C11H20ClNO2. The van der Waals surface area contributed by atoms with Gasteiger partial charge < -0.3 is 10.0 Å². The van der Waals surface area contributed by atoms with E-state index in [9.17, 15) is 4.79 Å². The molecule has 0 aromatic rings. The summed E-state index contributed by atoms with van der Waals surface area (Å²) in [4.78, 5) is 12.7. The van der Waals surface area contributed by atoms with Crippen LogP contribution >= 0.6 is 11.6 Å². The molecule has 0 saturated heterocycles. The zero-order valence-electron chi connectivity index (χ0n) is 9.45. The molecule has 0 aromatic carbocycles. The lowest BCUT2D eigenvalue weighted by Crippen LogP contribution is -2.40. The number of hydrogen-bond donors (Lipinski definition) is 1. The number of alkyl halides is 1. The Hall–Kier alpha value is -0.280. The fourth-order valence-electron chi connectivity index (χ4n) is 2.16. The van der Waals surface area contributed by atoms with Crippen LogP contribution in [0, 0.1) is 5.92 Å². The number of hydrogen-bond acceptors (Lipinski definition) is 2. The number of rotatable bonds is 4. The fraction of sp³-hybridized carbons (Fsp3) is 0.909. The predicted octanol–water partition coefficient (Wildman–Crippen LogP) is 2.19. The summed E-state index contributed by atoms with van der Waals surface area (Å²) in [6.45, 7) is 2.72. The summed E-state index contributed by atoms with van der Waals surface area (Å²) < 4.78 is 0. The quantitative estimate of drug-likeness (QED) is 0.757. The molecule has 3 nitrogen and oxygen atoms in total. The zero-order chi connectivity index (χ0) is 11.4. The first-order valence-electron chi connectivity index (χ1n) is 5.57. The second-order valence-electron chi connectivity index (χ2n) is 4.66. The van der Waals surface area contributed by atoms with Crippen LogP contribution in [-0.2, 0) is 4.79 Å². The lowest BCUT2D eigenvalue weighted by Gasteiger charge is -2.34. The monoisotopic (exact) mass is 233 g/mol. The Morgan fingerprint density at radius 2 is 2.00 bits per heavy atom. The molecule has 1 saturated carbocycles. The smallest absolute Gasteiger partial charge is 0.322 e. The van der Waals surface area contributed by atoms with Crippen molar-refractivity contribution < 1.29 is 9.90 Å². The van der Waals surface area contributed by atoms with Crippen LogP contribution in [0.15, 0.2) is 0 Å². The highest BCUT2D eigenvalue weighted by atomic mass is 35.5. The number of carbonyl (C=O) groups is 1. The second-order valence-corrected chi connectivity index (χ2v) is 5.19. The maximum atomic E-state index is 10.6. The lowest BCUT2D eigenvalue weighted by atomic mass is 9.87. The molecule has 0 aliphatic heterocycles. The van der Waals surface area contributed by atoms with E-state index in [1.807, 2.05) is 7.05 Å². The molecule has 88 valence electrons. The van der Waals surface area contributed by atoms with Crippen molar-refractivity contribution in [2.75, 3.05) is 13.6 Å². The van der Waals surface area contributed by atoms with E-state index < -0.39 is 11.3 Å². The maximum absolute atomic E-state index is 10.6.